The first-order valence-electron chi connectivity index (χ1n) is 11.3. The summed E-state index contributed by atoms with van der Waals surface area (Å²) in [6.07, 6.45) is 5.62. The standard InChI is InChI=1S/C28H26N2O4/c1-33-26-16-23-20(15-27(26)34-18-19-7-3-2-4-8-19)13-14-29-24(23)12-11-21-17-30(28(31)32)25-10-6-5-9-22(21)25/h2-12,15-17,24,29H,13-14,18H2,1H3,(H,31,32)/b12-11+. The Labute approximate surface area is 198 Å². The Morgan fingerprint density at radius 1 is 1.12 bits per heavy atom. The van der Waals surface area contributed by atoms with E-state index in [1.165, 1.54) is 10.1 Å². The number of nitrogens with zero attached hydrogens (tertiary/aromatic N) is 1. The van der Waals surface area contributed by atoms with Gasteiger partial charge in [-0.3, -0.25) is 4.57 Å². The van der Waals surface area contributed by atoms with E-state index in [1.54, 1.807) is 13.3 Å². The van der Waals surface area contributed by atoms with Crippen LogP contribution in [0.2, 0.25) is 0 Å². The Hall–Kier alpha value is -4.03. The minimum atomic E-state index is -0.996. The van der Waals surface area contributed by atoms with Crippen molar-refractivity contribution in [1.29, 1.82) is 0 Å². The summed E-state index contributed by atoms with van der Waals surface area (Å²) in [6.45, 7) is 1.31. The number of carbonyl (C=O) groups is 1. The zero-order valence-electron chi connectivity index (χ0n) is 18.9. The zero-order valence-corrected chi connectivity index (χ0v) is 18.9. The van der Waals surface area contributed by atoms with Gasteiger partial charge in [0.05, 0.1) is 18.7 Å². The first-order chi connectivity index (χ1) is 16.6. The Morgan fingerprint density at radius 2 is 1.91 bits per heavy atom. The summed E-state index contributed by atoms with van der Waals surface area (Å²) in [5, 5.41) is 14.0. The molecule has 0 bridgehead atoms. The molecule has 1 aliphatic heterocycles. The third kappa shape index (κ3) is 4.28. The molecular formula is C28H26N2O4. The van der Waals surface area contributed by atoms with Gasteiger partial charge < -0.3 is 19.9 Å². The maximum atomic E-state index is 11.6. The largest absolute Gasteiger partial charge is 0.493 e. The number of fused-ring (bicyclic) bond motifs is 2. The van der Waals surface area contributed by atoms with Crippen LogP contribution in [-0.2, 0) is 13.0 Å². The molecule has 4 aromatic rings. The number of nitrogens with one attached hydrogen (secondary N) is 1. The van der Waals surface area contributed by atoms with E-state index in [0.29, 0.717) is 17.9 Å². The van der Waals surface area contributed by atoms with Crippen LogP contribution in [0.5, 0.6) is 11.5 Å². The lowest BCUT2D eigenvalue weighted by molar-refractivity contribution is 0.197. The van der Waals surface area contributed by atoms with Crippen LogP contribution in [0.15, 0.2) is 79.0 Å². The number of para-hydroxylation sites is 1. The van der Waals surface area contributed by atoms with Gasteiger partial charge >= 0.3 is 6.09 Å². The SMILES string of the molecule is COc1cc2c(cc1OCc1ccccc1)CCNC2/C=C/c1cn(C(=O)O)c2ccccc12. The van der Waals surface area contributed by atoms with E-state index >= 15 is 0 Å². The van der Waals surface area contributed by atoms with Gasteiger partial charge in [0, 0.05) is 23.7 Å². The van der Waals surface area contributed by atoms with Gasteiger partial charge in [0.25, 0.3) is 0 Å². The molecule has 1 aromatic heterocycles. The molecule has 0 aliphatic carbocycles. The molecule has 6 nitrogen and oxygen atoms in total. The van der Waals surface area contributed by atoms with Gasteiger partial charge in [-0.15, -0.1) is 0 Å². The third-order valence-corrected chi connectivity index (χ3v) is 6.17. The second-order valence-electron chi connectivity index (χ2n) is 8.27. The molecule has 2 N–H and O–H groups in total. The molecule has 1 atom stereocenters. The van der Waals surface area contributed by atoms with Crippen molar-refractivity contribution in [3.8, 4) is 11.5 Å². The van der Waals surface area contributed by atoms with Crippen LogP contribution in [0.4, 0.5) is 4.79 Å². The zero-order chi connectivity index (χ0) is 23.5. The number of methoxy groups -OCH3 is 1. The summed E-state index contributed by atoms with van der Waals surface area (Å²) in [5.74, 6) is 1.43. The highest BCUT2D eigenvalue weighted by atomic mass is 16.5. The van der Waals surface area contributed by atoms with Gasteiger partial charge in [-0.2, -0.15) is 0 Å². The molecule has 3 aromatic carbocycles. The minimum Gasteiger partial charge on any atom is -0.493 e. The fourth-order valence-electron chi connectivity index (χ4n) is 4.47. The van der Waals surface area contributed by atoms with Crippen LogP contribution < -0.4 is 14.8 Å². The van der Waals surface area contributed by atoms with Gasteiger partial charge in [-0.05, 0) is 41.3 Å². The quantitative estimate of drug-likeness (QED) is 0.394. The van der Waals surface area contributed by atoms with Crippen molar-refractivity contribution in [3.63, 3.8) is 0 Å². The van der Waals surface area contributed by atoms with E-state index in [2.05, 4.69) is 17.5 Å². The molecule has 6 heteroatoms. The maximum Gasteiger partial charge on any atom is 0.416 e. The highest BCUT2D eigenvalue weighted by Crippen LogP contribution is 2.36. The highest BCUT2D eigenvalue weighted by Gasteiger charge is 2.21. The van der Waals surface area contributed by atoms with E-state index < -0.39 is 6.09 Å². The molecule has 0 saturated heterocycles. The van der Waals surface area contributed by atoms with Crippen molar-refractivity contribution >= 4 is 23.1 Å². The van der Waals surface area contributed by atoms with Crippen LogP contribution in [0.3, 0.4) is 0 Å². The maximum absolute atomic E-state index is 11.6. The summed E-state index contributed by atoms with van der Waals surface area (Å²) in [6, 6.07) is 21.7. The fourth-order valence-corrected chi connectivity index (χ4v) is 4.47. The normalized spacial score (nSPS) is 15.4. The summed E-state index contributed by atoms with van der Waals surface area (Å²) in [5.41, 5.74) is 4.99. The van der Waals surface area contributed by atoms with E-state index in [4.69, 9.17) is 9.47 Å². The molecule has 5 rings (SSSR count). The topological polar surface area (TPSA) is 72.7 Å². The van der Waals surface area contributed by atoms with Crippen LogP contribution in [0.25, 0.3) is 17.0 Å². The van der Waals surface area contributed by atoms with Crippen molar-refractivity contribution in [2.45, 2.75) is 19.1 Å². The minimum absolute atomic E-state index is 0.0206. The van der Waals surface area contributed by atoms with Crippen LogP contribution in [-0.4, -0.2) is 29.4 Å². The monoisotopic (exact) mass is 454 g/mol. The van der Waals surface area contributed by atoms with E-state index in [9.17, 15) is 9.90 Å². The van der Waals surface area contributed by atoms with Crippen LogP contribution in [0, 0.1) is 0 Å². The number of carboxylic acid groups (broad SMARTS) is 1. The summed E-state index contributed by atoms with van der Waals surface area (Å²) in [4.78, 5) is 11.6. The Bertz CT molecular complexity index is 1360. The molecule has 2 heterocycles. The van der Waals surface area contributed by atoms with Crippen molar-refractivity contribution in [2.24, 2.45) is 0 Å². The van der Waals surface area contributed by atoms with Crippen LogP contribution in [0.1, 0.15) is 28.3 Å². The van der Waals surface area contributed by atoms with E-state index in [-0.39, 0.29) is 6.04 Å². The molecule has 0 spiro atoms. The number of ether oxygens (including phenoxy) is 2. The lowest BCUT2D eigenvalue weighted by Gasteiger charge is -2.26. The molecular weight excluding hydrogens is 428 g/mol. The molecule has 0 saturated carbocycles. The second-order valence-corrected chi connectivity index (χ2v) is 8.27. The molecule has 0 amide bonds. The van der Waals surface area contributed by atoms with Gasteiger partial charge in [-0.25, -0.2) is 4.79 Å². The van der Waals surface area contributed by atoms with Crippen molar-refractivity contribution < 1.29 is 19.4 Å². The number of rotatable bonds is 6. The Balaban J connectivity index is 1.43. The fraction of sp³-hybridized carbons (Fsp3) is 0.179. The summed E-state index contributed by atoms with van der Waals surface area (Å²) >= 11 is 0. The van der Waals surface area contributed by atoms with Gasteiger partial charge in [0.15, 0.2) is 11.5 Å². The van der Waals surface area contributed by atoms with Crippen LogP contribution >= 0.6 is 0 Å². The number of benzene rings is 3. The predicted molar refractivity (Wildman–Crippen MR) is 133 cm³/mol. The first-order valence-corrected chi connectivity index (χ1v) is 11.3. The molecule has 0 radical (unpaired) electrons. The smallest absolute Gasteiger partial charge is 0.416 e. The van der Waals surface area contributed by atoms with Gasteiger partial charge in [0.2, 0.25) is 0 Å². The molecule has 1 unspecified atom stereocenters. The van der Waals surface area contributed by atoms with E-state index in [1.807, 2.05) is 66.7 Å². The average molecular weight is 455 g/mol. The molecule has 34 heavy (non-hydrogen) atoms. The molecule has 172 valence electrons. The molecule has 0 fully saturated rings. The number of hydrogen-bond acceptors (Lipinski definition) is 4. The Morgan fingerprint density at radius 3 is 2.71 bits per heavy atom. The number of aromatic nitrogens is 1. The van der Waals surface area contributed by atoms with Gasteiger partial charge in [0.1, 0.15) is 6.61 Å². The summed E-state index contributed by atoms with van der Waals surface area (Å²) < 4.78 is 13.0. The Kier molecular flexibility index (Phi) is 6.06. The third-order valence-electron chi connectivity index (χ3n) is 6.17. The van der Waals surface area contributed by atoms with E-state index in [0.717, 1.165) is 40.8 Å². The highest BCUT2D eigenvalue weighted by molar-refractivity contribution is 5.95. The van der Waals surface area contributed by atoms with Crippen molar-refractivity contribution in [1.82, 2.24) is 9.88 Å². The lowest BCUT2D eigenvalue weighted by atomic mass is 9.93. The van der Waals surface area contributed by atoms with Gasteiger partial charge in [-0.1, -0.05) is 60.7 Å². The average Bonchev–Trinajstić information content (AvgIpc) is 3.25. The lowest BCUT2D eigenvalue weighted by Crippen LogP contribution is -2.28. The number of hydrogen-bond donors (Lipinski definition) is 2. The first kappa shape index (κ1) is 21.8. The van der Waals surface area contributed by atoms with Crippen molar-refractivity contribution in [3.05, 3.63) is 101 Å². The second kappa shape index (κ2) is 9.45. The summed E-state index contributed by atoms with van der Waals surface area (Å²) in [7, 11) is 1.65. The predicted octanol–water partition coefficient (Wildman–Crippen LogP) is 5.66. The van der Waals surface area contributed by atoms with Crippen molar-refractivity contribution in [2.75, 3.05) is 13.7 Å². The molecule has 1 aliphatic rings.